The Labute approximate surface area is 199 Å². The summed E-state index contributed by atoms with van der Waals surface area (Å²) in [5, 5.41) is 0. The molecule has 0 saturated carbocycles. The molecule has 1 aliphatic rings. The van der Waals surface area contributed by atoms with E-state index >= 15 is 0 Å². The maximum atomic E-state index is 11.8. The van der Waals surface area contributed by atoms with Crippen LogP contribution in [0.4, 0.5) is 5.95 Å². The summed E-state index contributed by atoms with van der Waals surface area (Å²) in [6.07, 6.45) is 2.34. The molecule has 0 saturated heterocycles. The molecule has 2 aromatic heterocycles. The number of rotatable bonds is 4. The standard InChI is InChI=1S/C11H13IN5O5P.2Na/c12-6-1-5(2-7(6)22-4-23(19,20)21)17-3-14-8-9(17)15-11(13)16-10(8)18;;/h1,3,5,7H,2,4H2,(H2,19,20,21)(H3,13,15,16,18);;/q;2*+1/p-2/t5-,7-;;/m0../s1. The van der Waals surface area contributed by atoms with Gasteiger partial charge in [0.25, 0.3) is 5.56 Å². The van der Waals surface area contributed by atoms with Crippen LogP contribution in [0.5, 0.6) is 0 Å². The molecule has 14 heteroatoms. The number of aromatic amines is 1. The van der Waals surface area contributed by atoms with Crippen LogP contribution in [0.1, 0.15) is 12.5 Å². The third-order valence-electron chi connectivity index (χ3n) is 3.36. The molecule has 0 spiro atoms. The van der Waals surface area contributed by atoms with Gasteiger partial charge in [0.1, 0.15) is 0 Å². The molecule has 2 heterocycles. The zero-order valence-electron chi connectivity index (χ0n) is 13.5. The number of hydrogen-bond donors (Lipinski definition) is 2. The van der Waals surface area contributed by atoms with Gasteiger partial charge in [0.05, 0.1) is 24.8 Å². The Morgan fingerprint density at radius 3 is 2.80 bits per heavy atom. The predicted octanol–water partition coefficient (Wildman–Crippen LogP) is -6.77. The summed E-state index contributed by atoms with van der Waals surface area (Å²) in [7, 11) is -4.72. The van der Waals surface area contributed by atoms with Crippen LogP contribution in [0.15, 0.2) is 20.8 Å². The fourth-order valence-corrected chi connectivity index (χ4v) is 3.61. The van der Waals surface area contributed by atoms with E-state index in [9.17, 15) is 19.1 Å². The van der Waals surface area contributed by atoms with Gasteiger partial charge in [-0.2, -0.15) is 4.98 Å². The molecule has 0 fully saturated rings. The first kappa shape index (κ1) is 23.8. The second-order valence-corrected chi connectivity index (χ2v) is 7.75. The molecule has 0 aromatic carbocycles. The monoisotopic (exact) mass is 497 g/mol. The van der Waals surface area contributed by atoms with E-state index in [-0.39, 0.29) is 76.6 Å². The van der Waals surface area contributed by atoms with E-state index in [0.717, 1.165) is 3.58 Å². The van der Waals surface area contributed by atoms with Gasteiger partial charge in [-0.3, -0.25) is 9.78 Å². The quantitative estimate of drug-likeness (QED) is 0.240. The van der Waals surface area contributed by atoms with Crippen LogP contribution in [-0.4, -0.2) is 32.0 Å². The van der Waals surface area contributed by atoms with Gasteiger partial charge in [-0.15, -0.1) is 0 Å². The maximum Gasteiger partial charge on any atom is 1.00 e. The molecule has 0 radical (unpaired) electrons. The number of nitrogens with zero attached hydrogens (tertiary/aromatic N) is 3. The summed E-state index contributed by atoms with van der Waals surface area (Å²) in [5.74, 6) is -0.0210. The molecule has 3 N–H and O–H groups in total. The van der Waals surface area contributed by atoms with Crippen molar-refractivity contribution in [1.29, 1.82) is 0 Å². The third-order valence-corrected chi connectivity index (χ3v) is 4.88. The van der Waals surface area contributed by atoms with Gasteiger partial charge >= 0.3 is 59.1 Å². The SMILES string of the molecule is Nc1nc2c(ncn2[C@H]2C=C(I)[C@@H](OCP(=O)([O-])[O-])C2)c(=O)[nH]1.[Na+].[Na+]. The largest absolute Gasteiger partial charge is 1.00 e. The molecule has 2 aromatic rings. The summed E-state index contributed by atoms with van der Waals surface area (Å²) in [5.41, 5.74) is 5.61. The molecule has 3 rings (SSSR count). The van der Waals surface area contributed by atoms with E-state index in [2.05, 4.69) is 15.0 Å². The Hall–Kier alpha value is 0.730. The van der Waals surface area contributed by atoms with Gasteiger partial charge in [-0.25, -0.2) is 4.98 Å². The van der Waals surface area contributed by atoms with Crippen molar-refractivity contribution < 1.29 is 78.2 Å². The molecule has 124 valence electrons. The molecule has 2 atom stereocenters. The first-order valence-corrected chi connectivity index (χ1v) is 9.27. The molecular formula is C11H11IN5Na2O5P. The molecule has 0 amide bonds. The maximum absolute atomic E-state index is 11.8. The topological polar surface area (TPSA) is 162 Å². The Morgan fingerprint density at radius 2 is 2.16 bits per heavy atom. The van der Waals surface area contributed by atoms with Crippen LogP contribution < -0.4 is 80.2 Å². The van der Waals surface area contributed by atoms with Crippen molar-refractivity contribution in [3.05, 3.63) is 26.3 Å². The number of anilines is 1. The van der Waals surface area contributed by atoms with Gasteiger partial charge in [-0.1, -0.05) is 0 Å². The number of allylic oxidation sites excluding steroid dienone is 1. The van der Waals surface area contributed by atoms with E-state index in [0.29, 0.717) is 12.1 Å². The van der Waals surface area contributed by atoms with Gasteiger partial charge in [0.2, 0.25) is 5.95 Å². The van der Waals surface area contributed by atoms with Crippen molar-refractivity contribution in [2.75, 3.05) is 12.1 Å². The fourth-order valence-electron chi connectivity index (χ4n) is 2.40. The molecule has 1 aliphatic carbocycles. The van der Waals surface area contributed by atoms with Crippen molar-refractivity contribution in [3.8, 4) is 0 Å². The second kappa shape index (κ2) is 9.28. The molecule has 0 bridgehead atoms. The number of fused-ring (bicyclic) bond motifs is 1. The average Bonchev–Trinajstić information content (AvgIpc) is 2.99. The van der Waals surface area contributed by atoms with Crippen LogP contribution >= 0.6 is 30.2 Å². The van der Waals surface area contributed by atoms with E-state index in [1.165, 1.54) is 6.33 Å². The van der Waals surface area contributed by atoms with E-state index in [1.807, 2.05) is 28.7 Å². The van der Waals surface area contributed by atoms with Crippen molar-refractivity contribution in [2.24, 2.45) is 0 Å². The molecule has 0 aliphatic heterocycles. The van der Waals surface area contributed by atoms with Crippen LogP contribution in [0.25, 0.3) is 11.2 Å². The van der Waals surface area contributed by atoms with Crippen molar-refractivity contribution >= 4 is 47.3 Å². The number of halogens is 1. The van der Waals surface area contributed by atoms with Crippen LogP contribution in [0.2, 0.25) is 0 Å². The number of imidazole rings is 1. The zero-order chi connectivity index (χ0) is 16.8. The third kappa shape index (κ3) is 5.61. The number of ether oxygens (including phenoxy) is 1. The van der Waals surface area contributed by atoms with E-state index < -0.39 is 25.6 Å². The summed E-state index contributed by atoms with van der Waals surface area (Å²) < 4.78 is 18.3. The number of nitrogens with one attached hydrogen (secondary N) is 1. The second-order valence-electron chi connectivity index (χ2n) is 5.03. The zero-order valence-corrected chi connectivity index (χ0v) is 20.6. The average molecular weight is 497 g/mol. The number of aromatic nitrogens is 4. The minimum atomic E-state index is -4.72. The van der Waals surface area contributed by atoms with E-state index in [1.54, 1.807) is 4.57 Å². The summed E-state index contributed by atoms with van der Waals surface area (Å²) >= 11 is 2.02. The van der Waals surface area contributed by atoms with Gasteiger partial charge < -0.3 is 29.4 Å². The molecule has 10 nitrogen and oxygen atoms in total. The summed E-state index contributed by atoms with van der Waals surface area (Å²) in [6.45, 7) is 0. The van der Waals surface area contributed by atoms with Gasteiger partial charge in [-0.05, 0) is 36.3 Å². The van der Waals surface area contributed by atoms with Gasteiger partial charge in [0.15, 0.2) is 11.2 Å². The minimum Gasteiger partial charge on any atom is -0.809 e. The number of H-pyrrole nitrogens is 1. The molecule has 0 unspecified atom stereocenters. The fraction of sp³-hybridized carbons (Fsp3) is 0.364. The number of nitrogen functional groups attached to an aromatic ring is 1. The van der Waals surface area contributed by atoms with Crippen LogP contribution in [0, 0.1) is 0 Å². The Balaban J connectivity index is 0.00000156. The summed E-state index contributed by atoms with van der Waals surface area (Å²) in [6, 6.07) is -0.233. The van der Waals surface area contributed by atoms with Crippen molar-refractivity contribution in [3.63, 3.8) is 0 Å². The number of nitrogens with two attached hydrogens (primary N) is 1. The first-order chi connectivity index (χ1) is 10.7. The molecule has 25 heavy (non-hydrogen) atoms. The van der Waals surface area contributed by atoms with Crippen LogP contribution in [-0.2, 0) is 9.30 Å². The Kier molecular flexibility index (Phi) is 8.83. The number of hydrogen-bond acceptors (Lipinski definition) is 8. The minimum absolute atomic E-state index is 0. The van der Waals surface area contributed by atoms with Crippen molar-refractivity contribution in [1.82, 2.24) is 19.5 Å². The Morgan fingerprint density at radius 1 is 1.48 bits per heavy atom. The van der Waals surface area contributed by atoms with E-state index in [4.69, 9.17) is 10.5 Å². The first-order valence-electron chi connectivity index (χ1n) is 6.47. The van der Waals surface area contributed by atoms with Crippen molar-refractivity contribution in [2.45, 2.75) is 18.6 Å². The van der Waals surface area contributed by atoms with Crippen LogP contribution in [0.3, 0.4) is 0 Å². The smallest absolute Gasteiger partial charge is 0.809 e. The molecular weight excluding hydrogens is 486 g/mol. The Bertz CT molecular complexity index is 897. The normalized spacial score (nSPS) is 20.0. The summed E-state index contributed by atoms with van der Waals surface area (Å²) in [4.78, 5) is 43.7. The van der Waals surface area contributed by atoms with Gasteiger partial charge in [0, 0.05) is 10.0 Å². The predicted molar refractivity (Wildman–Crippen MR) is 85.7 cm³/mol.